The lowest BCUT2D eigenvalue weighted by atomic mass is 10.1. The summed E-state index contributed by atoms with van der Waals surface area (Å²) in [5.74, 6) is -0.646. The van der Waals surface area contributed by atoms with Crippen LogP contribution in [0.2, 0.25) is 0 Å². The molecule has 1 aliphatic rings. The number of amides is 1. The van der Waals surface area contributed by atoms with E-state index in [1.807, 2.05) is 19.1 Å². The number of carbonyl (C=O) groups excluding carboxylic acids is 1. The van der Waals surface area contributed by atoms with Gasteiger partial charge in [-0.15, -0.1) is 0 Å². The highest BCUT2D eigenvalue weighted by Gasteiger charge is 2.27. The Balaban J connectivity index is 2.02. The molecule has 5 heteroatoms. The van der Waals surface area contributed by atoms with Crippen molar-refractivity contribution in [2.45, 2.75) is 13.3 Å². The molecule has 0 radical (unpaired) electrons. The smallest absolute Gasteiger partial charge is 0.259 e. The average molecular weight is 349 g/mol. The Labute approximate surface area is 130 Å². The average Bonchev–Trinajstić information content (AvgIpc) is 2.84. The first-order valence-electron chi connectivity index (χ1n) is 6.63. The number of nitrogens with two attached hydrogens (primary N) is 1. The maximum absolute atomic E-state index is 13.4. The number of benzene rings is 2. The van der Waals surface area contributed by atoms with Gasteiger partial charge >= 0.3 is 0 Å². The number of nitrogens with zero attached hydrogens (tertiary/aromatic N) is 1. The lowest BCUT2D eigenvalue weighted by molar-refractivity contribution is 0.0988. The van der Waals surface area contributed by atoms with E-state index >= 15 is 0 Å². The van der Waals surface area contributed by atoms with Gasteiger partial charge in [0.05, 0.1) is 5.56 Å². The van der Waals surface area contributed by atoms with Crippen molar-refractivity contribution in [1.29, 1.82) is 0 Å². The monoisotopic (exact) mass is 348 g/mol. The zero-order chi connectivity index (χ0) is 15.1. The molecular weight excluding hydrogens is 335 g/mol. The molecule has 108 valence electrons. The van der Waals surface area contributed by atoms with Crippen LogP contribution in [0.3, 0.4) is 0 Å². The Morgan fingerprint density at radius 2 is 2.10 bits per heavy atom. The van der Waals surface area contributed by atoms with E-state index in [9.17, 15) is 9.18 Å². The first kappa shape index (κ1) is 14.1. The fourth-order valence-corrected chi connectivity index (χ4v) is 3.01. The second-order valence-corrected chi connectivity index (χ2v) is 6.02. The summed E-state index contributed by atoms with van der Waals surface area (Å²) in [5, 5.41) is 0. The highest BCUT2D eigenvalue weighted by Crippen LogP contribution is 2.34. The van der Waals surface area contributed by atoms with Crippen LogP contribution in [0.15, 0.2) is 34.8 Å². The first-order valence-corrected chi connectivity index (χ1v) is 7.42. The SMILES string of the molecule is Cc1cc2c(cc1N)N(C(=O)c1cc(F)ccc1Br)CC2. The Morgan fingerprint density at radius 1 is 1.33 bits per heavy atom. The number of carbonyl (C=O) groups is 1. The molecule has 0 bridgehead atoms. The summed E-state index contributed by atoms with van der Waals surface area (Å²) >= 11 is 3.31. The summed E-state index contributed by atoms with van der Waals surface area (Å²) in [5.41, 5.74) is 9.85. The summed E-state index contributed by atoms with van der Waals surface area (Å²) in [6.07, 6.45) is 0.787. The molecule has 1 amide bonds. The van der Waals surface area contributed by atoms with Gasteiger partial charge in [-0.2, -0.15) is 0 Å². The topological polar surface area (TPSA) is 46.3 Å². The van der Waals surface area contributed by atoms with Crippen molar-refractivity contribution in [3.63, 3.8) is 0 Å². The van der Waals surface area contributed by atoms with E-state index in [1.54, 1.807) is 11.0 Å². The molecule has 0 saturated carbocycles. The van der Waals surface area contributed by atoms with E-state index in [2.05, 4.69) is 15.9 Å². The minimum Gasteiger partial charge on any atom is -0.398 e. The summed E-state index contributed by atoms with van der Waals surface area (Å²) in [6, 6.07) is 7.95. The molecule has 3 nitrogen and oxygen atoms in total. The number of hydrogen-bond acceptors (Lipinski definition) is 2. The molecule has 2 aromatic rings. The maximum Gasteiger partial charge on any atom is 0.259 e. The minimum absolute atomic E-state index is 0.219. The highest BCUT2D eigenvalue weighted by atomic mass is 79.9. The van der Waals surface area contributed by atoms with Crippen LogP contribution in [0.4, 0.5) is 15.8 Å². The zero-order valence-corrected chi connectivity index (χ0v) is 13.1. The van der Waals surface area contributed by atoms with Crippen LogP contribution in [-0.2, 0) is 6.42 Å². The van der Waals surface area contributed by atoms with Crippen molar-refractivity contribution in [2.24, 2.45) is 0 Å². The largest absolute Gasteiger partial charge is 0.398 e. The van der Waals surface area contributed by atoms with Crippen molar-refractivity contribution in [1.82, 2.24) is 0 Å². The maximum atomic E-state index is 13.4. The van der Waals surface area contributed by atoms with Gasteiger partial charge in [0.15, 0.2) is 0 Å². The van der Waals surface area contributed by atoms with E-state index in [0.29, 0.717) is 22.3 Å². The Hall–Kier alpha value is -1.88. The predicted octanol–water partition coefficient (Wildman–Crippen LogP) is 3.68. The molecular formula is C16H14BrFN2O. The third-order valence-corrected chi connectivity index (χ3v) is 4.46. The number of hydrogen-bond donors (Lipinski definition) is 1. The summed E-state index contributed by atoms with van der Waals surface area (Å²) in [6.45, 7) is 2.53. The minimum atomic E-state index is -0.426. The third kappa shape index (κ3) is 2.42. The molecule has 0 saturated heterocycles. The lowest BCUT2D eigenvalue weighted by Crippen LogP contribution is -2.29. The van der Waals surface area contributed by atoms with E-state index in [1.165, 1.54) is 12.1 Å². The highest BCUT2D eigenvalue weighted by molar-refractivity contribution is 9.10. The summed E-state index contributed by atoms with van der Waals surface area (Å²) in [4.78, 5) is 14.3. The van der Waals surface area contributed by atoms with Crippen LogP contribution in [-0.4, -0.2) is 12.5 Å². The van der Waals surface area contributed by atoms with Crippen molar-refractivity contribution >= 4 is 33.2 Å². The number of fused-ring (bicyclic) bond motifs is 1. The number of nitrogen functional groups attached to an aromatic ring is 1. The summed E-state index contributed by atoms with van der Waals surface area (Å²) < 4.78 is 14.0. The molecule has 3 rings (SSSR count). The van der Waals surface area contributed by atoms with Gasteiger partial charge in [0, 0.05) is 22.4 Å². The Kier molecular flexibility index (Phi) is 3.45. The fraction of sp³-hybridized carbons (Fsp3) is 0.188. The second-order valence-electron chi connectivity index (χ2n) is 5.17. The van der Waals surface area contributed by atoms with Gasteiger partial charge in [-0.3, -0.25) is 4.79 Å². The second kappa shape index (κ2) is 5.15. The van der Waals surface area contributed by atoms with Gasteiger partial charge in [-0.05, 0) is 64.7 Å². The molecule has 0 atom stereocenters. The van der Waals surface area contributed by atoms with Gasteiger partial charge < -0.3 is 10.6 Å². The number of halogens is 2. The van der Waals surface area contributed by atoms with Crippen LogP contribution in [0.1, 0.15) is 21.5 Å². The number of aryl methyl sites for hydroxylation is 1. The van der Waals surface area contributed by atoms with Gasteiger partial charge in [-0.25, -0.2) is 4.39 Å². The lowest BCUT2D eigenvalue weighted by Gasteiger charge is -2.19. The van der Waals surface area contributed by atoms with Gasteiger partial charge in [-0.1, -0.05) is 6.07 Å². The van der Waals surface area contributed by atoms with E-state index in [4.69, 9.17) is 5.73 Å². The molecule has 1 heterocycles. The molecule has 21 heavy (non-hydrogen) atoms. The summed E-state index contributed by atoms with van der Waals surface area (Å²) in [7, 11) is 0. The standard InChI is InChI=1S/C16H14BrFN2O/c1-9-6-10-4-5-20(15(10)8-14(9)19)16(21)12-7-11(18)2-3-13(12)17/h2-3,6-8H,4-5,19H2,1H3. The van der Waals surface area contributed by atoms with Gasteiger partial charge in [0.25, 0.3) is 5.91 Å². The van der Waals surface area contributed by atoms with Crippen LogP contribution < -0.4 is 10.6 Å². The van der Waals surface area contributed by atoms with E-state index in [0.717, 1.165) is 23.2 Å². The fourth-order valence-electron chi connectivity index (χ4n) is 2.59. The quantitative estimate of drug-likeness (QED) is 0.799. The van der Waals surface area contributed by atoms with Crippen molar-refractivity contribution in [2.75, 3.05) is 17.2 Å². The van der Waals surface area contributed by atoms with Crippen LogP contribution >= 0.6 is 15.9 Å². The number of rotatable bonds is 1. The van der Waals surface area contributed by atoms with Crippen molar-refractivity contribution in [3.8, 4) is 0 Å². The molecule has 0 aromatic heterocycles. The van der Waals surface area contributed by atoms with Gasteiger partial charge in [0.2, 0.25) is 0 Å². The van der Waals surface area contributed by atoms with E-state index < -0.39 is 5.82 Å². The third-order valence-electron chi connectivity index (χ3n) is 3.77. The normalized spacial score (nSPS) is 13.4. The zero-order valence-electron chi connectivity index (χ0n) is 11.5. The van der Waals surface area contributed by atoms with Crippen LogP contribution in [0.5, 0.6) is 0 Å². The van der Waals surface area contributed by atoms with E-state index in [-0.39, 0.29) is 5.91 Å². The Bertz CT molecular complexity index is 745. The molecule has 0 spiro atoms. The van der Waals surface area contributed by atoms with Crippen molar-refractivity contribution in [3.05, 3.63) is 57.3 Å². The predicted molar refractivity (Wildman–Crippen MR) is 85.1 cm³/mol. The molecule has 1 aliphatic heterocycles. The molecule has 0 fully saturated rings. The Morgan fingerprint density at radius 3 is 2.86 bits per heavy atom. The van der Waals surface area contributed by atoms with Gasteiger partial charge in [0.1, 0.15) is 5.82 Å². The molecule has 0 aliphatic carbocycles. The molecule has 2 aromatic carbocycles. The first-order chi connectivity index (χ1) is 9.97. The molecule has 0 unspecified atom stereocenters. The van der Waals surface area contributed by atoms with Crippen molar-refractivity contribution < 1.29 is 9.18 Å². The molecule has 2 N–H and O–H groups in total. The van der Waals surface area contributed by atoms with Crippen LogP contribution in [0, 0.1) is 12.7 Å². The van der Waals surface area contributed by atoms with Crippen LogP contribution in [0.25, 0.3) is 0 Å². The number of anilines is 2.